The van der Waals surface area contributed by atoms with Gasteiger partial charge in [0.25, 0.3) is 0 Å². The highest BCUT2D eigenvalue weighted by Gasteiger charge is 2.26. The number of aromatic nitrogens is 1. The number of aliphatic hydroxyl groups excluding tert-OH is 1. The second-order valence-corrected chi connectivity index (χ2v) is 9.96. The molecule has 1 atom stereocenters. The molecule has 0 saturated heterocycles. The molecule has 1 aromatic heterocycles. The van der Waals surface area contributed by atoms with Crippen molar-refractivity contribution in [2.75, 3.05) is 32.2 Å². The van der Waals surface area contributed by atoms with E-state index in [2.05, 4.69) is 25.8 Å². The monoisotopic (exact) mass is 445 g/mol. The van der Waals surface area contributed by atoms with Gasteiger partial charge in [-0.3, -0.25) is 4.79 Å². The molecule has 6 nitrogen and oxygen atoms in total. The summed E-state index contributed by atoms with van der Waals surface area (Å²) in [5.41, 5.74) is -0.644. The third kappa shape index (κ3) is 12.5. The van der Waals surface area contributed by atoms with Crippen molar-refractivity contribution < 1.29 is 24.1 Å². The van der Waals surface area contributed by atoms with Crippen LogP contribution in [0.2, 0.25) is 0 Å². The molecule has 0 saturated carbocycles. The maximum Gasteiger partial charge on any atom is 0.305 e. The zero-order valence-corrected chi connectivity index (χ0v) is 19.7. The van der Waals surface area contributed by atoms with E-state index >= 15 is 0 Å². The van der Waals surface area contributed by atoms with Gasteiger partial charge in [-0.25, -0.2) is 4.98 Å². The standard InChI is InChI=1S/C21H35NO5S2/c1-5-21(4,10-9-19(24)25-15-13-23)27-14-11-20(2,3)26-16-17-28-29-18-8-6-7-12-22-18/h6-8,12,23H,5,9-11,13-17H2,1-4H3. The van der Waals surface area contributed by atoms with Gasteiger partial charge < -0.3 is 19.3 Å². The quantitative estimate of drug-likeness (QED) is 0.226. The van der Waals surface area contributed by atoms with Crippen LogP contribution in [-0.2, 0) is 19.0 Å². The fourth-order valence-electron chi connectivity index (χ4n) is 2.41. The van der Waals surface area contributed by atoms with Crippen LogP contribution in [0.15, 0.2) is 29.4 Å². The lowest BCUT2D eigenvalue weighted by Crippen LogP contribution is -2.33. The Morgan fingerprint density at radius 2 is 1.93 bits per heavy atom. The van der Waals surface area contributed by atoms with Crippen molar-refractivity contribution in [1.82, 2.24) is 4.98 Å². The summed E-state index contributed by atoms with van der Waals surface area (Å²) in [7, 11) is 3.39. The van der Waals surface area contributed by atoms with Crippen molar-refractivity contribution in [3.8, 4) is 0 Å². The molecule has 1 rings (SSSR count). The molecule has 1 aromatic rings. The van der Waals surface area contributed by atoms with Gasteiger partial charge >= 0.3 is 5.97 Å². The zero-order chi connectivity index (χ0) is 21.6. The predicted octanol–water partition coefficient (Wildman–Crippen LogP) is 4.51. The summed E-state index contributed by atoms with van der Waals surface area (Å²) < 4.78 is 17.0. The summed E-state index contributed by atoms with van der Waals surface area (Å²) >= 11 is 0. The number of hydrogen-bond acceptors (Lipinski definition) is 8. The first-order chi connectivity index (χ1) is 13.8. The first-order valence-electron chi connectivity index (χ1n) is 10.1. The number of nitrogens with zero attached hydrogens (tertiary/aromatic N) is 1. The second-order valence-electron chi connectivity index (χ2n) is 7.53. The summed E-state index contributed by atoms with van der Waals surface area (Å²) in [5, 5.41) is 9.71. The Morgan fingerprint density at radius 3 is 2.59 bits per heavy atom. The molecule has 0 aliphatic heterocycles. The van der Waals surface area contributed by atoms with Crippen LogP contribution in [0, 0.1) is 0 Å². The largest absolute Gasteiger partial charge is 0.463 e. The minimum atomic E-state index is -0.372. The maximum atomic E-state index is 11.6. The highest BCUT2D eigenvalue weighted by Crippen LogP contribution is 2.29. The van der Waals surface area contributed by atoms with Crippen LogP contribution in [0.3, 0.4) is 0 Å². The Balaban J connectivity index is 2.22. The van der Waals surface area contributed by atoms with Gasteiger partial charge in [-0.2, -0.15) is 0 Å². The van der Waals surface area contributed by atoms with Crippen molar-refractivity contribution in [1.29, 1.82) is 0 Å². The van der Waals surface area contributed by atoms with E-state index in [9.17, 15) is 4.79 Å². The van der Waals surface area contributed by atoms with Crippen LogP contribution in [-0.4, -0.2) is 59.4 Å². The number of rotatable bonds is 16. The van der Waals surface area contributed by atoms with E-state index < -0.39 is 0 Å². The molecule has 1 heterocycles. The van der Waals surface area contributed by atoms with Crippen LogP contribution in [0.5, 0.6) is 0 Å². The lowest BCUT2D eigenvalue weighted by atomic mass is 9.96. The normalized spacial score (nSPS) is 13.8. The summed E-state index contributed by atoms with van der Waals surface area (Å²) in [5.74, 6) is 0.584. The number of esters is 1. The molecular formula is C21H35NO5S2. The molecule has 1 N–H and O–H groups in total. The van der Waals surface area contributed by atoms with Crippen molar-refractivity contribution >= 4 is 27.6 Å². The average Bonchev–Trinajstić information content (AvgIpc) is 2.71. The number of ether oxygens (including phenoxy) is 3. The number of carbonyl (C=O) groups is 1. The Bertz CT molecular complexity index is 573. The van der Waals surface area contributed by atoms with Gasteiger partial charge in [0.1, 0.15) is 11.6 Å². The van der Waals surface area contributed by atoms with Crippen molar-refractivity contribution in [3.63, 3.8) is 0 Å². The van der Waals surface area contributed by atoms with E-state index in [1.54, 1.807) is 27.8 Å². The first-order valence-corrected chi connectivity index (χ1v) is 12.4. The van der Waals surface area contributed by atoms with E-state index in [0.29, 0.717) is 19.6 Å². The van der Waals surface area contributed by atoms with Gasteiger partial charge in [-0.05, 0) is 63.0 Å². The van der Waals surface area contributed by atoms with Gasteiger partial charge in [-0.1, -0.05) is 23.8 Å². The molecule has 0 aliphatic rings. The van der Waals surface area contributed by atoms with Crippen molar-refractivity contribution in [2.45, 2.75) is 69.6 Å². The smallest absolute Gasteiger partial charge is 0.305 e. The van der Waals surface area contributed by atoms with E-state index in [-0.39, 0.29) is 36.8 Å². The summed E-state index contributed by atoms with van der Waals surface area (Å²) in [6, 6.07) is 5.89. The third-order valence-corrected chi connectivity index (χ3v) is 6.79. The molecule has 0 aliphatic carbocycles. The maximum absolute atomic E-state index is 11.6. The van der Waals surface area contributed by atoms with Gasteiger partial charge in [0.05, 0.1) is 31.0 Å². The van der Waals surface area contributed by atoms with Crippen molar-refractivity contribution in [3.05, 3.63) is 24.4 Å². The Hall–Kier alpha value is -0.800. The van der Waals surface area contributed by atoms with Gasteiger partial charge in [-0.15, -0.1) is 0 Å². The fraction of sp³-hybridized carbons (Fsp3) is 0.714. The average molecular weight is 446 g/mol. The number of carbonyl (C=O) groups excluding carboxylic acids is 1. The van der Waals surface area contributed by atoms with E-state index in [1.807, 2.05) is 25.1 Å². The Kier molecular flexibility index (Phi) is 12.9. The predicted molar refractivity (Wildman–Crippen MR) is 119 cm³/mol. The highest BCUT2D eigenvalue weighted by molar-refractivity contribution is 8.76. The SMILES string of the molecule is CCC(C)(CCC(=O)OCCO)OCCC(C)(C)OCCSSc1ccccn1. The molecule has 0 aromatic carbocycles. The highest BCUT2D eigenvalue weighted by atomic mass is 33.1. The molecule has 29 heavy (non-hydrogen) atoms. The third-order valence-electron chi connectivity index (χ3n) is 4.56. The minimum Gasteiger partial charge on any atom is -0.463 e. The molecule has 1 unspecified atom stereocenters. The number of aliphatic hydroxyl groups is 1. The second kappa shape index (κ2) is 14.2. The molecule has 0 fully saturated rings. The van der Waals surface area contributed by atoms with Gasteiger partial charge in [0.15, 0.2) is 0 Å². The lowest BCUT2D eigenvalue weighted by molar-refractivity contribution is -0.147. The van der Waals surface area contributed by atoms with E-state index in [1.165, 1.54) is 0 Å². The molecule has 0 radical (unpaired) electrons. The molecule has 0 bridgehead atoms. The zero-order valence-electron chi connectivity index (χ0n) is 18.0. The molecule has 0 amide bonds. The lowest BCUT2D eigenvalue weighted by Gasteiger charge is -2.31. The number of pyridine rings is 1. The summed E-state index contributed by atoms with van der Waals surface area (Å²) in [6.45, 7) is 9.35. The van der Waals surface area contributed by atoms with Crippen LogP contribution >= 0.6 is 21.6 Å². The molecule has 166 valence electrons. The fourth-order valence-corrected chi connectivity index (χ4v) is 4.12. The van der Waals surface area contributed by atoms with Crippen LogP contribution in [0.25, 0.3) is 0 Å². The molecule has 0 spiro atoms. The summed E-state index contributed by atoms with van der Waals surface area (Å²) in [6.07, 6.45) is 4.26. The Labute approximate surface area is 182 Å². The van der Waals surface area contributed by atoms with Crippen LogP contribution < -0.4 is 0 Å². The van der Waals surface area contributed by atoms with Gasteiger partial charge in [0.2, 0.25) is 0 Å². The van der Waals surface area contributed by atoms with Crippen molar-refractivity contribution in [2.24, 2.45) is 0 Å². The van der Waals surface area contributed by atoms with E-state index in [4.69, 9.17) is 19.3 Å². The van der Waals surface area contributed by atoms with E-state index in [0.717, 1.165) is 23.6 Å². The van der Waals surface area contributed by atoms with Gasteiger partial charge in [0, 0.05) is 18.4 Å². The minimum absolute atomic E-state index is 0.0483. The van der Waals surface area contributed by atoms with Crippen LogP contribution in [0.1, 0.15) is 53.4 Å². The first kappa shape index (κ1) is 26.2. The van der Waals surface area contributed by atoms with Crippen LogP contribution in [0.4, 0.5) is 0 Å². The topological polar surface area (TPSA) is 77.9 Å². The molecular weight excluding hydrogens is 410 g/mol. The number of hydrogen-bond donors (Lipinski definition) is 1. The molecule has 8 heteroatoms. The summed E-state index contributed by atoms with van der Waals surface area (Å²) in [4.78, 5) is 15.9. The Morgan fingerprint density at radius 1 is 1.14 bits per heavy atom.